The van der Waals surface area contributed by atoms with Crippen molar-refractivity contribution in [1.82, 2.24) is 0 Å². The van der Waals surface area contributed by atoms with E-state index < -0.39 is 0 Å². The van der Waals surface area contributed by atoms with Crippen LogP contribution in [-0.4, -0.2) is 10.5 Å². The third-order valence-corrected chi connectivity index (χ3v) is 3.19. The zero-order valence-corrected chi connectivity index (χ0v) is 8.56. The molecule has 1 aromatic carbocycles. The van der Waals surface area contributed by atoms with Gasteiger partial charge in [-0.3, -0.25) is 0 Å². The molecule has 13 heavy (non-hydrogen) atoms. The number of aryl methyl sites for hydroxylation is 1. The van der Waals surface area contributed by atoms with Gasteiger partial charge in [-0.05, 0) is 37.1 Å². The first-order valence-corrected chi connectivity index (χ1v) is 5.19. The third kappa shape index (κ3) is 1.64. The lowest BCUT2D eigenvalue weighted by molar-refractivity contribution is 0.309. The van der Waals surface area contributed by atoms with Gasteiger partial charge in [0.1, 0.15) is 5.44 Å². The number of fused-ring (bicyclic) bond motifs is 1. The molecule has 1 aromatic rings. The number of thioether (sulfide) groups is 1. The summed E-state index contributed by atoms with van der Waals surface area (Å²) >= 11 is 1.50. The van der Waals surface area contributed by atoms with Gasteiger partial charge >= 0.3 is 0 Å². The molecule has 2 rings (SSSR count). The first kappa shape index (κ1) is 8.85. The van der Waals surface area contributed by atoms with Crippen molar-refractivity contribution in [3.8, 4) is 0 Å². The van der Waals surface area contributed by atoms with E-state index in [1.54, 1.807) is 0 Å². The van der Waals surface area contributed by atoms with Gasteiger partial charge in [-0.1, -0.05) is 29.5 Å². The minimum absolute atomic E-state index is 0.379. The van der Waals surface area contributed by atoms with Gasteiger partial charge in [0, 0.05) is 4.90 Å². The Morgan fingerprint density at radius 1 is 1.31 bits per heavy atom. The maximum Gasteiger partial charge on any atom is 0.123 e. The minimum atomic E-state index is -0.379. The number of aliphatic hydroxyl groups excluding tert-OH is 1. The molecule has 1 aliphatic rings. The van der Waals surface area contributed by atoms with Crippen LogP contribution >= 0.6 is 11.8 Å². The molecule has 1 heterocycles. The Bertz CT molecular complexity index is 368. The maximum atomic E-state index is 9.48. The summed E-state index contributed by atoms with van der Waals surface area (Å²) in [5.41, 5.74) is 3.32. The Morgan fingerprint density at radius 2 is 2.08 bits per heavy atom. The zero-order chi connectivity index (χ0) is 9.42. The molecular formula is C11H12OS. The van der Waals surface area contributed by atoms with Gasteiger partial charge < -0.3 is 5.11 Å². The minimum Gasteiger partial charge on any atom is -0.378 e. The topological polar surface area (TPSA) is 20.2 Å². The number of aliphatic hydroxyl groups is 1. The summed E-state index contributed by atoms with van der Waals surface area (Å²) in [4.78, 5) is 1.18. The van der Waals surface area contributed by atoms with Crippen molar-refractivity contribution in [2.75, 3.05) is 0 Å². The summed E-state index contributed by atoms with van der Waals surface area (Å²) in [6.07, 6.45) is 1.90. The Hall–Kier alpha value is -0.730. The number of allylic oxidation sites excluding steroid dienone is 1. The summed E-state index contributed by atoms with van der Waals surface area (Å²) in [6.45, 7) is 4.13. The second kappa shape index (κ2) is 3.20. The molecule has 0 amide bonds. The number of benzene rings is 1. The molecule has 0 saturated heterocycles. The SMILES string of the molecule is CC1=CC(O)Sc2ccc(C)cc21. The fraction of sp³-hybridized carbons (Fsp3) is 0.273. The van der Waals surface area contributed by atoms with E-state index >= 15 is 0 Å². The third-order valence-electron chi connectivity index (χ3n) is 2.20. The lowest BCUT2D eigenvalue weighted by Crippen LogP contribution is -2.03. The molecule has 0 saturated carbocycles. The molecule has 2 heteroatoms. The van der Waals surface area contributed by atoms with Crippen LogP contribution in [0.2, 0.25) is 0 Å². The molecule has 1 atom stereocenters. The summed E-state index contributed by atoms with van der Waals surface area (Å²) in [5.74, 6) is 0. The van der Waals surface area contributed by atoms with E-state index in [1.165, 1.54) is 33.4 Å². The highest BCUT2D eigenvalue weighted by Gasteiger charge is 2.15. The van der Waals surface area contributed by atoms with E-state index in [1.807, 2.05) is 13.0 Å². The molecular weight excluding hydrogens is 180 g/mol. The summed E-state index contributed by atoms with van der Waals surface area (Å²) in [7, 11) is 0. The first-order chi connectivity index (χ1) is 6.16. The lowest BCUT2D eigenvalue weighted by atomic mass is 10.0. The average Bonchev–Trinajstić information content (AvgIpc) is 2.06. The van der Waals surface area contributed by atoms with Crippen molar-refractivity contribution < 1.29 is 5.11 Å². The van der Waals surface area contributed by atoms with Crippen LogP contribution in [0.5, 0.6) is 0 Å². The van der Waals surface area contributed by atoms with Gasteiger partial charge in [0.05, 0.1) is 0 Å². The summed E-state index contributed by atoms with van der Waals surface area (Å²) in [5, 5.41) is 9.48. The summed E-state index contributed by atoms with van der Waals surface area (Å²) < 4.78 is 0. The zero-order valence-electron chi connectivity index (χ0n) is 7.74. The van der Waals surface area contributed by atoms with Crippen molar-refractivity contribution in [3.05, 3.63) is 35.4 Å². The standard InChI is InChI=1S/C11H12OS/c1-7-3-4-10-9(5-7)8(2)6-11(12)13-10/h3-6,11-12H,1-2H3. The van der Waals surface area contributed by atoms with Gasteiger partial charge in [0.25, 0.3) is 0 Å². The molecule has 1 aliphatic heterocycles. The predicted molar refractivity (Wildman–Crippen MR) is 56.7 cm³/mol. The Morgan fingerprint density at radius 3 is 2.85 bits per heavy atom. The quantitative estimate of drug-likeness (QED) is 0.682. The van der Waals surface area contributed by atoms with E-state index in [0.717, 1.165) is 0 Å². The molecule has 0 bridgehead atoms. The Balaban J connectivity index is 2.54. The van der Waals surface area contributed by atoms with Crippen molar-refractivity contribution in [2.45, 2.75) is 24.2 Å². The second-order valence-electron chi connectivity index (χ2n) is 3.36. The first-order valence-electron chi connectivity index (χ1n) is 4.31. The summed E-state index contributed by atoms with van der Waals surface area (Å²) in [6, 6.07) is 6.33. The normalized spacial score (nSPS) is 20.8. The van der Waals surface area contributed by atoms with Crippen LogP contribution in [0.15, 0.2) is 29.2 Å². The maximum absolute atomic E-state index is 9.48. The van der Waals surface area contributed by atoms with E-state index in [2.05, 4.69) is 25.1 Å². The van der Waals surface area contributed by atoms with Crippen molar-refractivity contribution >= 4 is 17.3 Å². The monoisotopic (exact) mass is 192 g/mol. The van der Waals surface area contributed by atoms with Crippen molar-refractivity contribution in [3.63, 3.8) is 0 Å². The predicted octanol–water partition coefficient (Wildman–Crippen LogP) is 2.82. The van der Waals surface area contributed by atoms with Crippen LogP contribution in [0, 0.1) is 6.92 Å². The Labute approximate surface area is 82.5 Å². The molecule has 0 aromatic heterocycles. The van der Waals surface area contributed by atoms with Crippen molar-refractivity contribution in [2.24, 2.45) is 0 Å². The fourth-order valence-electron chi connectivity index (χ4n) is 1.52. The number of hydrogen-bond donors (Lipinski definition) is 1. The van der Waals surface area contributed by atoms with Crippen LogP contribution in [0.25, 0.3) is 5.57 Å². The van der Waals surface area contributed by atoms with Crippen molar-refractivity contribution in [1.29, 1.82) is 0 Å². The molecule has 1 unspecified atom stereocenters. The van der Waals surface area contributed by atoms with E-state index in [4.69, 9.17) is 0 Å². The second-order valence-corrected chi connectivity index (χ2v) is 4.52. The fourth-order valence-corrected chi connectivity index (χ4v) is 2.55. The van der Waals surface area contributed by atoms with Gasteiger partial charge in [0.15, 0.2) is 0 Å². The molecule has 0 spiro atoms. The molecule has 68 valence electrons. The van der Waals surface area contributed by atoms with Crippen LogP contribution in [0.1, 0.15) is 18.1 Å². The van der Waals surface area contributed by atoms with E-state index in [9.17, 15) is 5.11 Å². The number of rotatable bonds is 0. The van der Waals surface area contributed by atoms with Crippen LogP contribution in [-0.2, 0) is 0 Å². The molecule has 0 aliphatic carbocycles. The molecule has 1 nitrogen and oxygen atoms in total. The van der Waals surface area contributed by atoms with Gasteiger partial charge in [-0.15, -0.1) is 0 Å². The lowest BCUT2D eigenvalue weighted by Gasteiger charge is -2.18. The van der Waals surface area contributed by atoms with Crippen LogP contribution in [0.4, 0.5) is 0 Å². The largest absolute Gasteiger partial charge is 0.378 e. The van der Waals surface area contributed by atoms with Gasteiger partial charge in [-0.25, -0.2) is 0 Å². The van der Waals surface area contributed by atoms with E-state index in [-0.39, 0.29) is 5.44 Å². The molecule has 1 N–H and O–H groups in total. The molecule has 0 fully saturated rings. The molecule has 0 radical (unpaired) electrons. The highest BCUT2D eigenvalue weighted by Crippen LogP contribution is 2.36. The van der Waals surface area contributed by atoms with Crippen LogP contribution < -0.4 is 0 Å². The Kier molecular flexibility index (Phi) is 2.18. The van der Waals surface area contributed by atoms with E-state index in [0.29, 0.717) is 0 Å². The van der Waals surface area contributed by atoms with Gasteiger partial charge in [-0.2, -0.15) is 0 Å². The smallest absolute Gasteiger partial charge is 0.123 e. The van der Waals surface area contributed by atoms with Crippen LogP contribution in [0.3, 0.4) is 0 Å². The highest BCUT2D eigenvalue weighted by atomic mass is 32.2. The highest BCUT2D eigenvalue weighted by molar-refractivity contribution is 8.00. The van der Waals surface area contributed by atoms with Gasteiger partial charge in [0.2, 0.25) is 0 Å². The average molecular weight is 192 g/mol. The number of hydrogen-bond acceptors (Lipinski definition) is 2.